The van der Waals surface area contributed by atoms with Crippen molar-refractivity contribution in [1.29, 1.82) is 0 Å². The van der Waals surface area contributed by atoms with Gasteiger partial charge in [0.1, 0.15) is 30.6 Å². The summed E-state index contributed by atoms with van der Waals surface area (Å²) in [7, 11) is 0. The summed E-state index contributed by atoms with van der Waals surface area (Å²) in [5.74, 6) is 0. The van der Waals surface area contributed by atoms with E-state index in [1.165, 1.54) is 0 Å². The molecule has 7 N–H and O–H groups in total. The molecule has 0 amide bonds. The second-order valence-corrected chi connectivity index (χ2v) is 3.65. The van der Waals surface area contributed by atoms with Crippen LogP contribution in [0.2, 0.25) is 0 Å². The zero-order valence-corrected chi connectivity index (χ0v) is 8.66. The molecule has 0 aromatic rings. The van der Waals surface area contributed by atoms with Crippen molar-refractivity contribution in [3.05, 3.63) is 10.4 Å². The Morgan fingerprint density at radius 2 is 2.00 bits per heavy atom. The molecule has 1 aliphatic heterocycles. The number of nitrogens with zero attached hydrogens (tertiary/aromatic N) is 3. The first-order valence-electron chi connectivity index (χ1n) is 4.73. The van der Waals surface area contributed by atoms with E-state index in [0.717, 1.165) is 0 Å². The first kappa shape index (κ1) is 14.1. The van der Waals surface area contributed by atoms with Crippen molar-refractivity contribution < 1.29 is 30.3 Å². The van der Waals surface area contributed by atoms with Gasteiger partial charge in [0.2, 0.25) is 5.72 Å². The van der Waals surface area contributed by atoms with Gasteiger partial charge in [-0.1, -0.05) is 5.11 Å². The van der Waals surface area contributed by atoms with Crippen LogP contribution >= 0.6 is 0 Å². The number of hydrogen-bond acceptors (Lipinski definition) is 8. The molecule has 10 heteroatoms. The third-order valence-corrected chi connectivity index (χ3v) is 2.62. The van der Waals surface area contributed by atoms with Gasteiger partial charge in [0.15, 0.2) is 0 Å². The fourth-order valence-electron chi connectivity index (χ4n) is 1.63. The lowest BCUT2D eigenvalue weighted by Gasteiger charge is -2.46. The zero-order valence-electron chi connectivity index (χ0n) is 8.66. The van der Waals surface area contributed by atoms with Gasteiger partial charge in [-0.3, -0.25) is 0 Å². The SMILES string of the molecule is [N-]=[N+]=N[C@]1([C@H](N)O)O[C@H](CO)[C@@H](O)[C@H](O)[C@H]1O. The molecule has 98 valence electrons. The maximum atomic E-state index is 9.65. The Morgan fingerprint density at radius 3 is 2.41 bits per heavy atom. The van der Waals surface area contributed by atoms with E-state index >= 15 is 0 Å². The van der Waals surface area contributed by atoms with E-state index in [1.54, 1.807) is 0 Å². The van der Waals surface area contributed by atoms with Crippen LogP contribution in [0.5, 0.6) is 0 Å². The van der Waals surface area contributed by atoms with Crippen LogP contribution in [-0.4, -0.2) is 68.5 Å². The van der Waals surface area contributed by atoms with E-state index in [1.807, 2.05) is 0 Å². The van der Waals surface area contributed by atoms with E-state index in [9.17, 15) is 20.4 Å². The van der Waals surface area contributed by atoms with E-state index in [2.05, 4.69) is 10.0 Å². The molecule has 0 saturated carbocycles. The predicted molar refractivity (Wildman–Crippen MR) is 52.1 cm³/mol. The monoisotopic (exact) mass is 250 g/mol. The standard InChI is InChI=1S/C7H14N4O6/c8-6(16)7(10-11-9)5(15)4(14)3(13)2(1-12)17-7/h2-6,12-16H,1,8H2/t2-,3-,4+,5-,6-,7+/m1/s1. The quantitative estimate of drug-likeness (QED) is 0.131. The number of rotatable bonds is 3. The largest absolute Gasteiger partial charge is 0.394 e. The molecule has 1 heterocycles. The molecule has 0 bridgehead atoms. The van der Waals surface area contributed by atoms with Gasteiger partial charge in [-0.15, -0.1) is 0 Å². The minimum atomic E-state index is -2.36. The summed E-state index contributed by atoms with van der Waals surface area (Å²) in [6.07, 6.45) is -8.61. The Morgan fingerprint density at radius 1 is 1.41 bits per heavy atom. The van der Waals surface area contributed by atoms with E-state index in [0.29, 0.717) is 0 Å². The van der Waals surface area contributed by atoms with Crippen molar-refractivity contribution in [2.45, 2.75) is 36.4 Å². The van der Waals surface area contributed by atoms with Crippen LogP contribution in [0.4, 0.5) is 0 Å². The highest BCUT2D eigenvalue weighted by atomic mass is 16.6. The second-order valence-electron chi connectivity index (χ2n) is 3.65. The maximum Gasteiger partial charge on any atom is 0.214 e. The number of azide groups is 1. The molecule has 10 nitrogen and oxygen atoms in total. The lowest BCUT2D eigenvalue weighted by atomic mass is 9.90. The van der Waals surface area contributed by atoms with Crippen LogP contribution in [-0.2, 0) is 4.74 Å². The molecule has 1 rings (SSSR count). The average molecular weight is 250 g/mol. The molecular formula is C7H14N4O6. The molecule has 0 radical (unpaired) electrons. The average Bonchev–Trinajstić information content (AvgIpc) is 2.30. The van der Waals surface area contributed by atoms with Gasteiger partial charge >= 0.3 is 0 Å². The van der Waals surface area contributed by atoms with Crippen LogP contribution in [0.1, 0.15) is 0 Å². The summed E-state index contributed by atoms with van der Waals surface area (Å²) in [4.78, 5) is 2.36. The lowest BCUT2D eigenvalue weighted by molar-refractivity contribution is -0.295. The summed E-state index contributed by atoms with van der Waals surface area (Å²) in [5.41, 5.74) is 11.1. The maximum absolute atomic E-state index is 9.65. The summed E-state index contributed by atoms with van der Waals surface area (Å²) in [5, 5.41) is 49.8. The minimum absolute atomic E-state index is 0.722. The first-order chi connectivity index (χ1) is 7.90. The highest BCUT2D eigenvalue weighted by Crippen LogP contribution is 2.33. The van der Waals surface area contributed by atoms with Gasteiger partial charge in [-0.2, -0.15) is 0 Å². The minimum Gasteiger partial charge on any atom is -0.394 e. The highest BCUT2D eigenvalue weighted by Gasteiger charge is 2.56. The van der Waals surface area contributed by atoms with E-state index in [-0.39, 0.29) is 0 Å². The normalized spacial score (nSPS) is 43.9. The molecular weight excluding hydrogens is 236 g/mol. The number of ether oxygens (including phenoxy) is 1. The zero-order chi connectivity index (χ0) is 13.2. The third kappa shape index (κ3) is 2.20. The smallest absolute Gasteiger partial charge is 0.214 e. The molecule has 0 aromatic carbocycles. The van der Waals surface area contributed by atoms with E-state index in [4.69, 9.17) is 21.1 Å². The highest BCUT2D eigenvalue weighted by molar-refractivity contribution is 5.02. The Kier molecular flexibility index (Phi) is 4.25. The molecule has 0 aromatic heterocycles. The first-order valence-corrected chi connectivity index (χ1v) is 4.73. The van der Waals surface area contributed by atoms with Gasteiger partial charge in [0.25, 0.3) is 0 Å². The van der Waals surface area contributed by atoms with Crippen LogP contribution in [0.3, 0.4) is 0 Å². The van der Waals surface area contributed by atoms with Crippen LogP contribution in [0.15, 0.2) is 5.11 Å². The van der Waals surface area contributed by atoms with Crippen molar-refractivity contribution in [2.75, 3.05) is 6.61 Å². The van der Waals surface area contributed by atoms with E-state index < -0.39 is 43.0 Å². The number of aliphatic hydroxyl groups is 5. The topological polar surface area (TPSA) is 185 Å². The molecule has 1 fully saturated rings. The van der Waals surface area contributed by atoms with Gasteiger partial charge in [0.05, 0.1) is 6.61 Å². The van der Waals surface area contributed by atoms with Gasteiger partial charge in [-0.25, -0.2) is 0 Å². The number of aliphatic hydroxyl groups excluding tert-OH is 5. The molecule has 0 spiro atoms. The number of nitrogens with two attached hydrogens (primary N) is 1. The van der Waals surface area contributed by atoms with Crippen LogP contribution in [0.25, 0.3) is 10.4 Å². The fraction of sp³-hybridized carbons (Fsp3) is 1.00. The van der Waals surface area contributed by atoms with Crippen LogP contribution in [0, 0.1) is 0 Å². The fourth-order valence-corrected chi connectivity index (χ4v) is 1.63. The Labute approximate surface area is 95.5 Å². The Bertz CT molecular complexity index is 319. The molecule has 17 heavy (non-hydrogen) atoms. The second kappa shape index (κ2) is 5.12. The summed E-state index contributed by atoms with van der Waals surface area (Å²) >= 11 is 0. The van der Waals surface area contributed by atoms with Gasteiger partial charge in [-0.05, 0) is 5.53 Å². The van der Waals surface area contributed by atoms with Crippen molar-refractivity contribution in [3.8, 4) is 0 Å². The van der Waals surface area contributed by atoms with Gasteiger partial charge in [0, 0.05) is 4.91 Å². The molecule has 6 atom stereocenters. The van der Waals surface area contributed by atoms with Gasteiger partial charge < -0.3 is 36.0 Å². The van der Waals surface area contributed by atoms with Crippen LogP contribution < -0.4 is 5.73 Å². The Hall–Kier alpha value is -0.970. The number of hydrogen-bond donors (Lipinski definition) is 6. The predicted octanol–water partition coefficient (Wildman–Crippen LogP) is -3.26. The summed E-state index contributed by atoms with van der Waals surface area (Å²) in [6.45, 7) is -0.722. The van der Waals surface area contributed by atoms with Crippen molar-refractivity contribution in [1.82, 2.24) is 0 Å². The summed E-state index contributed by atoms with van der Waals surface area (Å²) < 4.78 is 4.91. The van der Waals surface area contributed by atoms with Crippen molar-refractivity contribution in [2.24, 2.45) is 10.8 Å². The molecule has 1 aliphatic rings. The molecule has 0 unspecified atom stereocenters. The lowest BCUT2D eigenvalue weighted by Crippen LogP contribution is -2.69. The summed E-state index contributed by atoms with van der Waals surface area (Å²) in [6, 6.07) is 0. The molecule has 1 saturated heterocycles. The third-order valence-electron chi connectivity index (χ3n) is 2.62. The molecule has 0 aliphatic carbocycles. The Balaban J connectivity index is 3.16. The van der Waals surface area contributed by atoms with Crippen molar-refractivity contribution >= 4 is 0 Å². The van der Waals surface area contributed by atoms with Crippen molar-refractivity contribution in [3.63, 3.8) is 0 Å².